The normalized spacial score (nSPS) is 10.4. The largest absolute Gasteiger partial charge is 0.478 e. The molecular formula is C15H15NO3S2. The summed E-state index contributed by atoms with van der Waals surface area (Å²) < 4.78 is 0. The van der Waals surface area contributed by atoms with Crippen LogP contribution in [0.5, 0.6) is 0 Å². The fourth-order valence-corrected chi connectivity index (χ4v) is 3.35. The molecule has 1 aromatic carbocycles. The van der Waals surface area contributed by atoms with Crippen LogP contribution in [0.4, 0.5) is 5.00 Å². The van der Waals surface area contributed by atoms with E-state index in [9.17, 15) is 14.7 Å². The third kappa shape index (κ3) is 3.28. The van der Waals surface area contributed by atoms with E-state index < -0.39 is 5.97 Å². The van der Waals surface area contributed by atoms with E-state index in [1.807, 2.05) is 25.3 Å². The van der Waals surface area contributed by atoms with Gasteiger partial charge in [0, 0.05) is 15.3 Å². The molecule has 6 heteroatoms. The van der Waals surface area contributed by atoms with Gasteiger partial charge < -0.3 is 10.4 Å². The lowest BCUT2D eigenvalue weighted by molar-refractivity contribution is 0.0697. The van der Waals surface area contributed by atoms with E-state index in [1.54, 1.807) is 30.8 Å². The van der Waals surface area contributed by atoms with Crippen molar-refractivity contribution in [2.45, 2.75) is 18.7 Å². The Balaban J connectivity index is 2.27. The summed E-state index contributed by atoms with van der Waals surface area (Å²) in [6.07, 6.45) is 1.96. The molecule has 21 heavy (non-hydrogen) atoms. The second kappa shape index (κ2) is 6.32. The molecule has 2 N–H and O–H groups in total. The highest BCUT2D eigenvalue weighted by molar-refractivity contribution is 7.98. The minimum absolute atomic E-state index is 0.173. The Hall–Kier alpha value is -1.79. The lowest BCUT2D eigenvalue weighted by Gasteiger charge is -2.05. The maximum absolute atomic E-state index is 12.2. The lowest BCUT2D eigenvalue weighted by Crippen LogP contribution is -2.13. The van der Waals surface area contributed by atoms with Crippen LogP contribution in [-0.2, 0) is 0 Å². The molecule has 0 aliphatic carbocycles. The fourth-order valence-electron chi connectivity index (χ4n) is 1.89. The number of amides is 1. The first kappa shape index (κ1) is 15.6. The number of aryl methyl sites for hydroxylation is 1. The van der Waals surface area contributed by atoms with Gasteiger partial charge in [-0.05, 0) is 49.9 Å². The molecule has 0 bridgehead atoms. The summed E-state index contributed by atoms with van der Waals surface area (Å²) in [5.74, 6) is -1.32. The topological polar surface area (TPSA) is 66.4 Å². The van der Waals surface area contributed by atoms with Crippen LogP contribution in [0.3, 0.4) is 0 Å². The van der Waals surface area contributed by atoms with Gasteiger partial charge in [-0.1, -0.05) is 0 Å². The quantitative estimate of drug-likeness (QED) is 0.834. The molecule has 110 valence electrons. The number of benzene rings is 1. The van der Waals surface area contributed by atoms with Crippen LogP contribution in [0.1, 0.15) is 31.2 Å². The van der Waals surface area contributed by atoms with E-state index in [0.717, 1.165) is 9.77 Å². The van der Waals surface area contributed by atoms with Gasteiger partial charge in [-0.15, -0.1) is 23.1 Å². The molecular weight excluding hydrogens is 306 g/mol. The SMILES string of the molecule is CSc1ccc(C(=O)Nc2sc(C)c(C)c2C(=O)O)cc1. The van der Waals surface area contributed by atoms with Crippen molar-refractivity contribution in [3.05, 3.63) is 45.8 Å². The molecule has 0 saturated carbocycles. The van der Waals surface area contributed by atoms with Crippen molar-refractivity contribution < 1.29 is 14.7 Å². The summed E-state index contributed by atoms with van der Waals surface area (Å²) in [5.41, 5.74) is 1.37. The number of carbonyl (C=O) groups is 2. The third-order valence-electron chi connectivity index (χ3n) is 3.18. The van der Waals surface area contributed by atoms with Crippen LogP contribution in [0.25, 0.3) is 0 Å². The van der Waals surface area contributed by atoms with Gasteiger partial charge in [-0.25, -0.2) is 4.79 Å². The molecule has 0 saturated heterocycles. The van der Waals surface area contributed by atoms with Crippen molar-refractivity contribution in [3.63, 3.8) is 0 Å². The number of thiophene rings is 1. The van der Waals surface area contributed by atoms with Crippen LogP contribution in [0.15, 0.2) is 29.2 Å². The van der Waals surface area contributed by atoms with E-state index in [-0.39, 0.29) is 11.5 Å². The Labute approximate surface area is 131 Å². The number of aromatic carboxylic acids is 1. The number of anilines is 1. The predicted octanol–water partition coefficient (Wildman–Crippen LogP) is 4.04. The zero-order chi connectivity index (χ0) is 15.6. The van der Waals surface area contributed by atoms with Gasteiger partial charge in [-0.3, -0.25) is 4.79 Å². The molecule has 0 spiro atoms. The molecule has 2 aromatic rings. The van der Waals surface area contributed by atoms with Crippen molar-refractivity contribution in [2.24, 2.45) is 0 Å². The first-order chi connectivity index (χ1) is 9.93. The van der Waals surface area contributed by atoms with Crippen LogP contribution < -0.4 is 5.32 Å². The van der Waals surface area contributed by atoms with Crippen molar-refractivity contribution in [2.75, 3.05) is 11.6 Å². The molecule has 0 aliphatic rings. The summed E-state index contributed by atoms with van der Waals surface area (Å²) in [6.45, 7) is 3.59. The molecule has 0 aliphatic heterocycles. The van der Waals surface area contributed by atoms with Gasteiger partial charge in [0.15, 0.2) is 0 Å². The van der Waals surface area contributed by atoms with Crippen molar-refractivity contribution in [1.82, 2.24) is 0 Å². The monoisotopic (exact) mass is 321 g/mol. The minimum atomic E-state index is -1.02. The number of rotatable bonds is 4. The Morgan fingerprint density at radius 1 is 1.19 bits per heavy atom. The summed E-state index contributed by atoms with van der Waals surface area (Å²) in [6, 6.07) is 7.19. The Kier molecular flexibility index (Phi) is 4.69. The molecule has 0 unspecified atom stereocenters. The van der Waals surface area contributed by atoms with E-state index in [0.29, 0.717) is 16.1 Å². The Morgan fingerprint density at radius 2 is 1.81 bits per heavy atom. The van der Waals surface area contributed by atoms with Gasteiger partial charge in [0.2, 0.25) is 0 Å². The second-order valence-electron chi connectivity index (χ2n) is 4.48. The highest BCUT2D eigenvalue weighted by atomic mass is 32.2. The van der Waals surface area contributed by atoms with Gasteiger partial charge in [0.1, 0.15) is 5.00 Å². The van der Waals surface area contributed by atoms with Gasteiger partial charge in [-0.2, -0.15) is 0 Å². The van der Waals surface area contributed by atoms with E-state index in [2.05, 4.69) is 5.32 Å². The zero-order valence-corrected chi connectivity index (χ0v) is 13.5. The molecule has 1 aromatic heterocycles. The number of nitrogens with one attached hydrogen (secondary N) is 1. The van der Waals surface area contributed by atoms with Gasteiger partial charge in [0.25, 0.3) is 5.91 Å². The summed E-state index contributed by atoms with van der Waals surface area (Å²) >= 11 is 2.88. The molecule has 1 amide bonds. The standard InChI is InChI=1S/C15H15NO3S2/c1-8-9(2)21-14(12(8)15(18)19)16-13(17)10-4-6-11(20-3)7-5-10/h4-7H,1-3H3,(H,16,17)(H,18,19). The number of hydrogen-bond donors (Lipinski definition) is 2. The van der Waals surface area contributed by atoms with Crippen LogP contribution >= 0.6 is 23.1 Å². The summed E-state index contributed by atoms with van der Waals surface area (Å²) in [5, 5.41) is 12.3. The van der Waals surface area contributed by atoms with E-state index in [4.69, 9.17) is 0 Å². The number of carboxylic acid groups (broad SMARTS) is 1. The predicted molar refractivity (Wildman–Crippen MR) is 86.9 cm³/mol. The molecule has 0 fully saturated rings. The first-order valence-electron chi connectivity index (χ1n) is 6.22. The zero-order valence-electron chi connectivity index (χ0n) is 11.9. The number of hydrogen-bond acceptors (Lipinski definition) is 4. The Bertz CT molecular complexity index is 690. The Morgan fingerprint density at radius 3 is 2.33 bits per heavy atom. The molecule has 2 rings (SSSR count). The van der Waals surface area contributed by atoms with E-state index in [1.165, 1.54) is 11.3 Å². The highest BCUT2D eigenvalue weighted by Crippen LogP contribution is 2.32. The molecule has 1 heterocycles. The van der Waals surface area contributed by atoms with Gasteiger partial charge in [0.05, 0.1) is 5.56 Å². The van der Waals surface area contributed by atoms with Crippen LogP contribution in [0, 0.1) is 13.8 Å². The fraction of sp³-hybridized carbons (Fsp3) is 0.200. The lowest BCUT2D eigenvalue weighted by atomic mass is 10.1. The van der Waals surface area contributed by atoms with Gasteiger partial charge >= 0.3 is 5.97 Å². The van der Waals surface area contributed by atoms with Crippen LogP contribution in [-0.4, -0.2) is 23.2 Å². The molecule has 0 radical (unpaired) electrons. The summed E-state index contributed by atoms with van der Waals surface area (Å²) in [7, 11) is 0. The van der Waals surface area contributed by atoms with E-state index >= 15 is 0 Å². The third-order valence-corrected chi connectivity index (χ3v) is 5.04. The van der Waals surface area contributed by atoms with Crippen LogP contribution in [0.2, 0.25) is 0 Å². The molecule has 4 nitrogen and oxygen atoms in total. The average Bonchev–Trinajstić information content (AvgIpc) is 2.73. The second-order valence-corrected chi connectivity index (χ2v) is 6.58. The maximum atomic E-state index is 12.2. The minimum Gasteiger partial charge on any atom is -0.478 e. The maximum Gasteiger partial charge on any atom is 0.338 e. The first-order valence-corrected chi connectivity index (χ1v) is 8.27. The van der Waals surface area contributed by atoms with Crippen molar-refractivity contribution >= 4 is 40.0 Å². The average molecular weight is 321 g/mol. The number of thioether (sulfide) groups is 1. The molecule has 0 atom stereocenters. The van der Waals surface area contributed by atoms with Crippen molar-refractivity contribution in [3.8, 4) is 0 Å². The smallest absolute Gasteiger partial charge is 0.338 e. The number of carbonyl (C=O) groups excluding carboxylic acids is 1. The van der Waals surface area contributed by atoms with Crippen molar-refractivity contribution in [1.29, 1.82) is 0 Å². The number of carboxylic acids is 1. The highest BCUT2D eigenvalue weighted by Gasteiger charge is 2.20. The summed E-state index contributed by atoms with van der Waals surface area (Å²) in [4.78, 5) is 25.5.